The van der Waals surface area contributed by atoms with Crippen LogP contribution in [0.2, 0.25) is 0 Å². The quantitative estimate of drug-likeness (QED) is 0.780. The molecule has 1 atom stereocenters. The average molecular weight is 264 g/mol. The molecule has 2 aromatic rings. The molecule has 0 aromatic carbocycles. The Balaban J connectivity index is 2.11. The Bertz CT molecular complexity index is 505. The fraction of sp³-hybridized carbons (Fsp3) is 0.385. The number of hydrogen-bond donors (Lipinski definition) is 0. The summed E-state index contributed by atoms with van der Waals surface area (Å²) in [6, 6.07) is 4.02. The molecular formula is C13H16N2O2S. The molecule has 18 heavy (non-hydrogen) atoms. The first kappa shape index (κ1) is 12.8. The van der Waals surface area contributed by atoms with Gasteiger partial charge in [-0.05, 0) is 18.4 Å². The lowest BCUT2D eigenvalue weighted by molar-refractivity contribution is -0.147. The molecule has 4 nitrogen and oxygen atoms in total. The van der Waals surface area contributed by atoms with Crippen LogP contribution in [0.4, 0.5) is 0 Å². The highest BCUT2D eigenvalue weighted by Crippen LogP contribution is 2.23. The van der Waals surface area contributed by atoms with Gasteiger partial charge in [0.1, 0.15) is 5.82 Å². The molecule has 0 bridgehead atoms. The number of aromatic nitrogens is 2. The van der Waals surface area contributed by atoms with E-state index in [1.807, 2.05) is 42.1 Å². The van der Waals surface area contributed by atoms with E-state index < -0.39 is 0 Å². The van der Waals surface area contributed by atoms with Crippen LogP contribution in [0.25, 0.3) is 10.7 Å². The maximum absolute atomic E-state index is 11.6. The van der Waals surface area contributed by atoms with Gasteiger partial charge in [0, 0.05) is 18.9 Å². The summed E-state index contributed by atoms with van der Waals surface area (Å²) in [4.78, 5) is 17.1. The number of rotatable bonds is 5. The Kier molecular flexibility index (Phi) is 4.15. The Morgan fingerprint density at radius 3 is 3.11 bits per heavy atom. The topological polar surface area (TPSA) is 44.1 Å². The minimum atomic E-state index is -0.169. The molecule has 0 spiro atoms. The van der Waals surface area contributed by atoms with Crippen LogP contribution < -0.4 is 0 Å². The lowest BCUT2D eigenvalue weighted by atomic mass is 10.2. The lowest BCUT2D eigenvalue weighted by Gasteiger charge is -2.12. The van der Waals surface area contributed by atoms with Crippen molar-refractivity contribution in [3.63, 3.8) is 0 Å². The number of hydrogen-bond acceptors (Lipinski definition) is 4. The fourth-order valence-corrected chi connectivity index (χ4v) is 2.48. The van der Waals surface area contributed by atoms with Crippen molar-refractivity contribution < 1.29 is 9.53 Å². The zero-order valence-electron chi connectivity index (χ0n) is 10.5. The van der Waals surface area contributed by atoms with Gasteiger partial charge in [0.25, 0.3) is 0 Å². The van der Waals surface area contributed by atoms with Crippen LogP contribution in [-0.2, 0) is 16.1 Å². The minimum absolute atomic E-state index is 0.164. The fourth-order valence-electron chi connectivity index (χ4n) is 1.74. The molecule has 5 heteroatoms. The van der Waals surface area contributed by atoms with Crippen molar-refractivity contribution in [1.29, 1.82) is 0 Å². The Labute approximate surface area is 110 Å². The van der Waals surface area contributed by atoms with Gasteiger partial charge in [0.15, 0.2) is 0 Å². The number of ether oxygens (including phenoxy) is 1. The highest BCUT2D eigenvalue weighted by atomic mass is 32.1. The summed E-state index contributed by atoms with van der Waals surface area (Å²) in [6.07, 6.45) is 3.65. The maximum atomic E-state index is 11.6. The van der Waals surface area contributed by atoms with Gasteiger partial charge in [-0.2, -0.15) is 0 Å². The van der Waals surface area contributed by atoms with Crippen LogP contribution in [0.5, 0.6) is 0 Å². The van der Waals surface area contributed by atoms with Crippen LogP contribution in [0, 0.1) is 5.92 Å². The number of thiophene rings is 1. The van der Waals surface area contributed by atoms with Crippen LogP contribution in [0.15, 0.2) is 29.9 Å². The molecular weight excluding hydrogens is 248 g/mol. The third-order valence-electron chi connectivity index (χ3n) is 2.62. The van der Waals surface area contributed by atoms with Gasteiger partial charge in [0.2, 0.25) is 0 Å². The van der Waals surface area contributed by atoms with Crippen molar-refractivity contribution in [3.05, 3.63) is 29.9 Å². The standard InChI is InChI=1S/C13H16N2O2S/c1-3-17-13(16)10(2)9-15-7-6-14-12(15)11-5-4-8-18-11/h4-8,10H,3,9H2,1-2H3. The van der Waals surface area contributed by atoms with E-state index in [1.54, 1.807) is 17.5 Å². The molecule has 0 amide bonds. The number of esters is 1. The van der Waals surface area contributed by atoms with Crippen molar-refractivity contribution in [2.24, 2.45) is 5.92 Å². The SMILES string of the molecule is CCOC(=O)C(C)Cn1ccnc1-c1cccs1. The van der Waals surface area contributed by atoms with Crippen LogP contribution in [-0.4, -0.2) is 22.1 Å². The van der Waals surface area contributed by atoms with Crippen LogP contribution >= 0.6 is 11.3 Å². The molecule has 0 saturated carbocycles. The normalized spacial score (nSPS) is 12.3. The molecule has 0 aliphatic heterocycles. The van der Waals surface area contributed by atoms with E-state index in [4.69, 9.17) is 4.74 Å². The average Bonchev–Trinajstić information content (AvgIpc) is 2.98. The van der Waals surface area contributed by atoms with Crippen molar-refractivity contribution in [2.75, 3.05) is 6.61 Å². The lowest BCUT2D eigenvalue weighted by Crippen LogP contribution is -2.20. The smallest absolute Gasteiger partial charge is 0.310 e. The molecule has 0 fully saturated rings. The second-order valence-corrected chi connectivity index (χ2v) is 4.98. The first-order valence-electron chi connectivity index (χ1n) is 5.94. The number of imidazole rings is 1. The summed E-state index contributed by atoms with van der Waals surface area (Å²) in [5.74, 6) is 0.572. The largest absolute Gasteiger partial charge is 0.466 e. The second kappa shape index (κ2) is 5.82. The van der Waals surface area contributed by atoms with Gasteiger partial charge < -0.3 is 9.30 Å². The number of nitrogens with zero attached hydrogens (tertiary/aromatic N) is 2. The third-order valence-corrected chi connectivity index (χ3v) is 3.48. The highest BCUT2D eigenvalue weighted by molar-refractivity contribution is 7.13. The zero-order chi connectivity index (χ0) is 13.0. The third kappa shape index (κ3) is 2.79. The Morgan fingerprint density at radius 1 is 1.61 bits per heavy atom. The van der Waals surface area contributed by atoms with Crippen molar-refractivity contribution in [3.8, 4) is 10.7 Å². The molecule has 1 unspecified atom stereocenters. The zero-order valence-corrected chi connectivity index (χ0v) is 11.3. The van der Waals surface area contributed by atoms with E-state index in [0.29, 0.717) is 13.2 Å². The van der Waals surface area contributed by atoms with Crippen LogP contribution in [0.3, 0.4) is 0 Å². The molecule has 0 aliphatic rings. The Morgan fingerprint density at radius 2 is 2.44 bits per heavy atom. The molecule has 0 N–H and O–H groups in total. The summed E-state index contributed by atoms with van der Waals surface area (Å²) >= 11 is 1.64. The van der Waals surface area contributed by atoms with Gasteiger partial charge in [-0.1, -0.05) is 13.0 Å². The van der Waals surface area contributed by atoms with E-state index in [0.717, 1.165) is 10.7 Å². The molecule has 0 aliphatic carbocycles. The van der Waals surface area contributed by atoms with Crippen molar-refractivity contribution >= 4 is 17.3 Å². The Hall–Kier alpha value is -1.62. The number of carbonyl (C=O) groups excluding carboxylic acids is 1. The predicted octanol–water partition coefficient (Wildman–Crippen LogP) is 2.81. The highest BCUT2D eigenvalue weighted by Gasteiger charge is 2.16. The molecule has 2 rings (SSSR count). The van der Waals surface area contributed by atoms with E-state index in [1.165, 1.54) is 0 Å². The first-order chi connectivity index (χ1) is 8.72. The summed E-state index contributed by atoms with van der Waals surface area (Å²) in [5.41, 5.74) is 0. The van der Waals surface area contributed by atoms with Gasteiger partial charge in [0.05, 0.1) is 17.4 Å². The summed E-state index contributed by atoms with van der Waals surface area (Å²) < 4.78 is 7.01. The molecule has 0 radical (unpaired) electrons. The maximum Gasteiger partial charge on any atom is 0.310 e. The summed E-state index contributed by atoms with van der Waals surface area (Å²) in [7, 11) is 0. The van der Waals surface area contributed by atoms with E-state index >= 15 is 0 Å². The summed E-state index contributed by atoms with van der Waals surface area (Å²) in [5, 5.41) is 2.02. The minimum Gasteiger partial charge on any atom is -0.466 e. The van der Waals surface area contributed by atoms with Gasteiger partial charge in [-0.15, -0.1) is 11.3 Å². The molecule has 0 saturated heterocycles. The van der Waals surface area contributed by atoms with Gasteiger partial charge in [-0.3, -0.25) is 4.79 Å². The van der Waals surface area contributed by atoms with Gasteiger partial charge in [-0.25, -0.2) is 4.98 Å². The summed E-state index contributed by atoms with van der Waals surface area (Å²) in [6.45, 7) is 4.70. The molecule has 96 valence electrons. The van der Waals surface area contributed by atoms with E-state index in [2.05, 4.69) is 4.98 Å². The van der Waals surface area contributed by atoms with Gasteiger partial charge >= 0.3 is 5.97 Å². The van der Waals surface area contributed by atoms with E-state index in [9.17, 15) is 4.79 Å². The second-order valence-electron chi connectivity index (χ2n) is 4.03. The number of carbonyl (C=O) groups is 1. The van der Waals surface area contributed by atoms with Crippen molar-refractivity contribution in [1.82, 2.24) is 9.55 Å². The first-order valence-corrected chi connectivity index (χ1v) is 6.82. The predicted molar refractivity (Wildman–Crippen MR) is 71.3 cm³/mol. The van der Waals surface area contributed by atoms with Crippen molar-refractivity contribution in [2.45, 2.75) is 20.4 Å². The van der Waals surface area contributed by atoms with Crippen LogP contribution in [0.1, 0.15) is 13.8 Å². The monoisotopic (exact) mass is 264 g/mol. The molecule has 2 heterocycles. The molecule has 2 aromatic heterocycles. The van der Waals surface area contributed by atoms with E-state index in [-0.39, 0.29) is 11.9 Å².